The van der Waals surface area contributed by atoms with Gasteiger partial charge in [-0.1, -0.05) is 60.1 Å². The fourth-order valence-electron chi connectivity index (χ4n) is 2.96. The van der Waals surface area contributed by atoms with Gasteiger partial charge in [0.2, 0.25) is 5.91 Å². The summed E-state index contributed by atoms with van der Waals surface area (Å²) in [6, 6.07) is 17.5. The molecule has 1 heterocycles. The number of carbonyl (C=O) groups excluding carboxylic acids is 1. The molecule has 1 aliphatic heterocycles. The molecule has 0 bridgehead atoms. The van der Waals surface area contributed by atoms with Crippen LogP contribution in [0.3, 0.4) is 0 Å². The predicted molar refractivity (Wildman–Crippen MR) is 97.4 cm³/mol. The van der Waals surface area contributed by atoms with Crippen molar-refractivity contribution in [3.05, 3.63) is 70.7 Å². The number of amides is 1. The zero-order valence-corrected chi connectivity index (χ0v) is 15.0. The first-order chi connectivity index (χ1) is 12.1. The number of ether oxygens (including phenoxy) is 2. The highest BCUT2D eigenvalue weighted by atomic mass is 35.5. The Hall–Kier alpha value is -1.88. The molecule has 2 aromatic carbocycles. The molecule has 4 nitrogen and oxygen atoms in total. The van der Waals surface area contributed by atoms with Gasteiger partial charge in [-0.25, -0.2) is 0 Å². The van der Waals surface area contributed by atoms with Crippen molar-refractivity contribution >= 4 is 17.5 Å². The molecule has 1 saturated heterocycles. The van der Waals surface area contributed by atoms with Gasteiger partial charge in [-0.3, -0.25) is 4.79 Å². The van der Waals surface area contributed by atoms with Crippen molar-refractivity contribution in [2.24, 2.45) is 0 Å². The van der Waals surface area contributed by atoms with Crippen LogP contribution in [0.2, 0.25) is 5.02 Å². The lowest BCUT2D eigenvalue weighted by molar-refractivity contribution is -0.149. The first-order valence-corrected chi connectivity index (χ1v) is 8.80. The maximum Gasteiger partial charge on any atom is 0.248 e. The molecule has 0 radical (unpaired) electrons. The maximum atomic E-state index is 12.5. The highest BCUT2D eigenvalue weighted by molar-refractivity contribution is 6.31. The topological polar surface area (TPSA) is 38.8 Å². The Morgan fingerprint density at radius 1 is 1.16 bits per heavy atom. The average molecular weight is 360 g/mol. The van der Waals surface area contributed by atoms with E-state index >= 15 is 0 Å². The Labute approximate surface area is 153 Å². The molecule has 25 heavy (non-hydrogen) atoms. The van der Waals surface area contributed by atoms with Gasteiger partial charge in [0.15, 0.2) is 0 Å². The molecule has 132 valence electrons. The van der Waals surface area contributed by atoms with Crippen LogP contribution in [0.1, 0.15) is 24.2 Å². The van der Waals surface area contributed by atoms with E-state index < -0.39 is 0 Å². The standard InChI is InChI=1S/C20H22ClNO3/c1-15-11-22(12-19(25-15)16-7-3-2-4-8-16)20(23)14-24-13-17-9-5-6-10-18(17)21/h2-10,15,19H,11-14H2,1H3. The molecule has 0 N–H and O–H groups in total. The van der Waals surface area contributed by atoms with Gasteiger partial charge in [0.1, 0.15) is 12.7 Å². The van der Waals surface area contributed by atoms with Crippen molar-refractivity contribution in [3.63, 3.8) is 0 Å². The van der Waals surface area contributed by atoms with Crippen LogP contribution < -0.4 is 0 Å². The van der Waals surface area contributed by atoms with Crippen LogP contribution in [0.15, 0.2) is 54.6 Å². The summed E-state index contributed by atoms with van der Waals surface area (Å²) in [5, 5.41) is 0.652. The average Bonchev–Trinajstić information content (AvgIpc) is 2.63. The summed E-state index contributed by atoms with van der Waals surface area (Å²) >= 11 is 6.10. The fraction of sp³-hybridized carbons (Fsp3) is 0.350. The van der Waals surface area contributed by atoms with Gasteiger partial charge >= 0.3 is 0 Å². The third kappa shape index (κ3) is 4.82. The van der Waals surface area contributed by atoms with Gasteiger partial charge in [0.25, 0.3) is 0 Å². The van der Waals surface area contributed by atoms with Crippen molar-refractivity contribution in [1.82, 2.24) is 4.90 Å². The number of benzene rings is 2. The number of nitrogens with zero attached hydrogens (tertiary/aromatic N) is 1. The highest BCUT2D eigenvalue weighted by Crippen LogP contribution is 2.25. The van der Waals surface area contributed by atoms with Gasteiger partial charge in [-0.2, -0.15) is 0 Å². The molecule has 2 aromatic rings. The van der Waals surface area contributed by atoms with E-state index in [0.29, 0.717) is 24.7 Å². The van der Waals surface area contributed by atoms with E-state index in [4.69, 9.17) is 21.1 Å². The van der Waals surface area contributed by atoms with E-state index in [1.165, 1.54) is 0 Å². The van der Waals surface area contributed by atoms with Crippen molar-refractivity contribution in [1.29, 1.82) is 0 Å². The predicted octanol–water partition coefficient (Wildman–Crippen LogP) is 3.85. The molecule has 3 rings (SSSR count). The van der Waals surface area contributed by atoms with Crippen LogP contribution >= 0.6 is 11.6 Å². The van der Waals surface area contributed by atoms with Crippen molar-refractivity contribution in [2.45, 2.75) is 25.7 Å². The number of morpholine rings is 1. The SMILES string of the molecule is CC1CN(C(=O)COCc2ccccc2Cl)CC(c2ccccc2)O1. The molecule has 0 saturated carbocycles. The highest BCUT2D eigenvalue weighted by Gasteiger charge is 2.29. The summed E-state index contributed by atoms with van der Waals surface area (Å²) in [6.07, 6.45) is -0.107. The molecule has 1 aliphatic rings. The van der Waals surface area contributed by atoms with Crippen LogP contribution in [-0.4, -0.2) is 36.6 Å². The van der Waals surface area contributed by atoms with E-state index in [2.05, 4.69) is 0 Å². The summed E-state index contributed by atoms with van der Waals surface area (Å²) in [6.45, 7) is 3.48. The summed E-state index contributed by atoms with van der Waals surface area (Å²) in [7, 11) is 0. The molecule has 0 aliphatic carbocycles. The smallest absolute Gasteiger partial charge is 0.248 e. The Morgan fingerprint density at radius 2 is 1.88 bits per heavy atom. The van der Waals surface area contributed by atoms with Crippen molar-refractivity contribution in [3.8, 4) is 0 Å². The van der Waals surface area contributed by atoms with E-state index in [0.717, 1.165) is 11.1 Å². The lowest BCUT2D eigenvalue weighted by atomic mass is 10.1. The number of rotatable bonds is 5. The summed E-state index contributed by atoms with van der Waals surface area (Å²) in [4.78, 5) is 14.3. The van der Waals surface area contributed by atoms with Crippen LogP contribution in [0.25, 0.3) is 0 Å². The molecular weight excluding hydrogens is 338 g/mol. The van der Waals surface area contributed by atoms with Gasteiger partial charge in [0, 0.05) is 11.6 Å². The van der Waals surface area contributed by atoms with E-state index in [9.17, 15) is 4.79 Å². The Balaban J connectivity index is 1.55. The van der Waals surface area contributed by atoms with Gasteiger partial charge in [-0.05, 0) is 24.1 Å². The number of hydrogen-bond donors (Lipinski definition) is 0. The minimum absolute atomic E-state index is 0.00789. The first kappa shape index (κ1) is 17.9. The second-order valence-corrected chi connectivity index (χ2v) is 6.64. The third-order valence-electron chi connectivity index (χ3n) is 4.23. The Morgan fingerprint density at radius 3 is 2.64 bits per heavy atom. The zero-order chi connectivity index (χ0) is 17.6. The molecule has 1 fully saturated rings. The second-order valence-electron chi connectivity index (χ2n) is 6.23. The summed E-state index contributed by atoms with van der Waals surface area (Å²) in [5.74, 6) is -0.0249. The Bertz CT molecular complexity index is 707. The molecule has 0 spiro atoms. The summed E-state index contributed by atoms with van der Waals surface area (Å²) < 4.78 is 11.6. The van der Waals surface area contributed by atoms with E-state index in [-0.39, 0.29) is 24.7 Å². The maximum absolute atomic E-state index is 12.5. The molecular formula is C20H22ClNO3. The Kier molecular flexibility index (Phi) is 6.08. The number of hydrogen-bond acceptors (Lipinski definition) is 3. The van der Waals surface area contributed by atoms with Gasteiger partial charge in [-0.15, -0.1) is 0 Å². The van der Waals surface area contributed by atoms with Crippen LogP contribution in [0, 0.1) is 0 Å². The molecule has 0 aromatic heterocycles. The minimum Gasteiger partial charge on any atom is -0.367 e. The monoisotopic (exact) mass is 359 g/mol. The summed E-state index contributed by atoms with van der Waals surface area (Å²) in [5.41, 5.74) is 1.97. The largest absolute Gasteiger partial charge is 0.367 e. The van der Waals surface area contributed by atoms with E-state index in [1.54, 1.807) is 0 Å². The first-order valence-electron chi connectivity index (χ1n) is 8.43. The third-order valence-corrected chi connectivity index (χ3v) is 4.59. The van der Waals surface area contributed by atoms with Gasteiger partial charge < -0.3 is 14.4 Å². The lowest BCUT2D eigenvalue weighted by Crippen LogP contribution is -2.47. The molecule has 1 amide bonds. The van der Waals surface area contributed by atoms with Crippen LogP contribution in [0.5, 0.6) is 0 Å². The van der Waals surface area contributed by atoms with Gasteiger partial charge in [0.05, 0.1) is 19.3 Å². The normalized spacial score (nSPS) is 20.5. The van der Waals surface area contributed by atoms with Crippen molar-refractivity contribution < 1.29 is 14.3 Å². The zero-order valence-electron chi connectivity index (χ0n) is 14.2. The fourth-order valence-corrected chi connectivity index (χ4v) is 3.15. The minimum atomic E-state index is -0.0996. The molecule has 2 atom stereocenters. The lowest BCUT2D eigenvalue weighted by Gasteiger charge is -2.37. The van der Waals surface area contributed by atoms with Crippen molar-refractivity contribution in [2.75, 3.05) is 19.7 Å². The van der Waals surface area contributed by atoms with Crippen LogP contribution in [0.4, 0.5) is 0 Å². The van der Waals surface area contributed by atoms with Crippen LogP contribution in [-0.2, 0) is 20.9 Å². The molecule has 2 unspecified atom stereocenters. The second kappa shape index (κ2) is 8.48. The quantitative estimate of drug-likeness (QED) is 0.814. The van der Waals surface area contributed by atoms with E-state index in [1.807, 2.05) is 66.4 Å². The number of carbonyl (C=O) groups is 1. The number of halogens is 1. The molecule has 5 heteroatoms.